The predicted octanol–water partition coefficient (Wildman–Crippen LogP) is 16.3. The third-order valence-corrected chi connectivity index (χ3v) is 12.6. The molecule has 0 radical (unpaired) electrons. The molecule has 0 spiro atoms. The van der Waals surface area contributed by atoms with Gasteiger partial charge in [0.05, 0.1) is 22.4 Å². The summed E-state index contributed by atoms with van der Waals surface area (Å²) in [6.07, 6.45) is 0. The second kappa shape index (κ2) is 14.1. The van der Waals surface area contributed by atoms with Crippen LogP contribution in [0.25, 0.3) is 127 Å². The molecular weight excluding hydrogens is 769 g/mol. The maximum absolute atomic E-state index is 6.72. The van der Waals surface area contributed by atoms with Gasteiger partial charge in [-0.2, -0.15) is 0 Å². The first-order valence-corrected chi connectivity index (χ1v) is 21.3. The standard InChI is InChI=1S/C59H36N2O2/c1-4-13-37(14-5-1)39-25-29-53-49(31-39)50-32-40(26-30-54(50)61(53)44-17-8-3-9-18-44)41-23-28-48-58(35-41)63-56-22-12-20-47(59(48)56)52-34-43(38-15-6-2-7-16-38)33-51(60-52)42-24-27-46-45-19-10-11-21-55(45)62-57(46)36-42/h1-36H. The Balaban J connectivity index is 0.952. The summed E-state index contributed by atoms with van der Waals surface area (Å²) >= 11 is 0. The molecule has 4 heteroatoms. The van der Waals surface area contributed by atoms with Gasteiger partial charge in [-0.1, -0.05) is 133 Å². The molecule has 0 atom stereocenters. The predicted molar refractivity (Wildman–Crippen MR) is 260 cm³/mol. The van der Waals surface area contributed by atoms with E-state index in [1.54, 1.807) is 0 Å². The summed E-state index contributed by atoms with van der Waals surface area (Å²) in [5.74, 6) is 0. The first kappa shape index (κ1) is 35.3. The largest absolute Gasteiger partial charge is 0.456 e. The molecule has 4 nitrogen and oxygen atoms in total. The molecule has 294 valence electrons. The van der Waals surface area contributed by atoms with Crippen LogP contribution in [0.3, 0.4) is 0 Å². The third-order valence-electron chi connectivity index (χ3n) is 12.6. The first-order valence-electron chi connectivity index (χ1n) is 21.3. The van der Waals surface area contributed by atoms with Gasteiger partial charge in [0.1, 0.15) is 22.3 Å². The van der Waals surface area contributed by atoms with E-state index in [2.05, 4.69) is 211 Å². The number of rotatable bonds is 6. The van der Waals surface area contributed by atoms with Gasteiger partial charge in [-0.05, 0) is 118 Å². The van der Waals surface area contributed by atoms with Gasteiger partial charge in [0.2, 0.25) is 0 Å². The van der Waals surface area contributed by atoms with Crippen LogP contribution in [0.15, 0.2) is 227 Å². The average Bonchev–Trinajstić information content (AvgIpc) is 4.03. The Morgan fingerprint density at radius 3 is 1.59 bits per heavy atom. The second-order valence-corrected chi connectivity index (χ2v) is 16.3. The third kappa shape index (κ3) is 5.80. The van der Waals surface area contributed by atoms with Crippen LogP contribution in [0.5, 0.6) is 0 Å². The topological polar surface area (TPSA) is 44.1 Å². The van der Waals surface area contributed by atoms with E-state index >= 15 is 0 Å². The zero-order valence-electron chi connectivity index (χ0n) is 34.0. The number of para-hydroxylation sites is 2. The lowest BCUT2D eigenvalue weighted by Gasteiger charge is -2.11. The lowest BCUT2D eigenvalue weighted by atomic mass is 9.96. The van der Waals surface area contributed by atoms with Crippen LogP contribution in [-0.2, 0) is 0 Å². The maximum Gasteiger partial charge on any atom is 0.136 e. The van der Waals surface area contributed by atoms with Crippen molar-refractivity contribution in [3.63, 3.8) is 0 Å². The summed E-state index contributed by atoms with van der Waals surface area (Å²) in [7, 11) is 0. The number of hydrogen-bond donors (Lipinski definition) is 0. The van der Waals surface area contributed by atoms with Gasteiger partial charge in [-0.3, -0.25) is 0 Å². The normalized spacial score (nSPS) is 11.8. The molecule has 0 aliphatic heterocycles. The van der Waals surface area contributed by atoms with Crippen molar-refractivity contribution in [2.45, 2.75) is 0 Å². The number of furan rings is 2. The monoisotopic (exact) mass is 804 g/mol. The summed E-state index contributed by atoms with van der Waals surface area (Å²) < 4.78 is 15.4. The summed E-state index contributed by atoms with van der Waals surface area (Å²) in [5.41, 5.74) is 17.5. The summed E-state index contributed by atoms with van der Waals surface area (Å²) in [6.45, 7) is 0. The number of nitrogens with zero attached hydrogens (tertiary/aromatic N) is 2. The highest BCUT2D eigenvalue weighted by Crippen LogP contribution is 2.42. The number of hydrogen-bond acceptors (Lipinski definition) is 3. The molecule has 0 unspecified atom stereocenters. The molecule has 9 aromatic carbocycles. The van der Waals surface area contributed by atoms with Crippen LogP contribution in [0.1, 0.15) is 0 Å². The number of pyridine rings is 1. The van der Waals surface area contributed by atoms with Gasteiger partial charge in [0.25, 0.3) is 0 Å². The molecule has 0 aliphatic rings. The van der Waals surface area contributed by atoms with Gasteiger partial charge in [0, 0.05) is 49.1 Å². The SMILES string of the molecule is c1ccc(-c2cc(-c3ccc4c(c3)oc3ccccc34)nc(-c3cccc4oc5cc(-c6ccc7c(c6)c6cc(-c8ccccc8)ccc6n7-c6ccccc6)ccc5c34)c2)cc1. The lowest BCUT2D eigenvalue weighted by Crippen LogP contribution is -1.93. The molecule has 13 aromatic rings. The Bertz CT molecular complexity index is 3900. The van der Waals surface area contributed by atoms with Crippen molar-refractivity contribution in [1.29, 1.82) is 0 Å². The summed E-state index contributed by atoms with van der Waals surface area (Å²) in [4.78, 5) is 5.38. The van der Waals surface area contributed by atoms with Crippen LogP contribution in [0, 0.1) is 0 Å². The van der Waals surface area contributed by atoms with Gasteiger partial charge in [-0.25, -0.2) is 4.98 Å². The molecule has 0 fully saturated rings. The Morgan fingerprint density at radius 1 is 0.302 bits per heavy atom. The van der Waals surface area contributed by atoms with E-state index in [4.69, 9.17) is 13.8 Å². The highest BCUT2D eigenvalue weighted by Gasteiger charge is 2.19. The molecule has 4 heterocycles. The smallest absolute Gasteiger partial charge is 0.136 e. The molecule has 0 bridgehead atoms. The van der Waals surface area contributed by atoms with E-state index in [9.17, 15) is 0 Å². The van der Waals surface area contributed by atoms with Gasteiger partial charge < -0.3 is 13.4 Å². The second-order valence-electron chi connectivity index (χ2n) is 16.3. The fourth-order valence-corrected chi connectivity index (χ4v) is 9.59. The summed E-state index contributed by atoms with van der Waals surface area (Å²) in [5, 5.41) is 6.73. The number of aromatic nitrogens is 2. The van der Waals surface area contributed by atoms with Crippen molar-refractivity contribution in [2.75, 3.05) is 0 Å². The van der Waals surface area contributed by atoms with Gasteiger partial charge in [-0.15, -0.1) is 0 Å². The molecule has 4 aromatic heterocycles. The van der Waals surface area contributed by atoms with Crippen molar-refractivity contribution < 1.29 is 8.83 Å². The molecule has 0 N–H and O–H groups in total. The highest BCUT2D eigenvalue weighted by molar-refractivity contribution is 6.14. The van der Waals surface area contributed by atoms with E-state index in [0.717, 1.165) is 94.3 Å². The van der Waals surface area contributed by atoms with Crippen molar-refractivity contribution in [1.82, 2.24) is 9.55 Å². The minimum atomic E-state index is 0.826. The molecule has 0 aliphatic carbocycles. The molecule has 0 saturated heterocycles. The zero-order valence-corrected chi connectivity index (χ0v) is 34.0. The number of benzene rings is 9. The minimum absolute atomic E-state index is 0.826. The first-order chi connectivity index (χ1) is 31.2. The number of fused-ring (bicyclic) bond motifs is 9. The minimum Gasteiger partial charge on any atom is -0.456 e. The molecule has 0 amide bonds. The van der Waals surface area contributed by atoms with Gasteiger partial charge >= 0.3 is 0 Å². The Hall–Kier alpha value is -8.47. The van der Waals surface area contributed by atoms with Crippen molar-refractivity contribution >= 4 is 65.7 Å². The van der Waals surface area contributed by atoms with E-state index in [0.29, 0.717) is 0 Å². The average molecular weight is 805 g/mol. The van der Waals surface area contributed by atoms with Crippen LogP contribution in [0.2, 0.25) is 0 Å². The lowest BCUT2D eigenvalue weighted by molar-refractivity contribution is 0.668. The fraction of sp³-hybridized carbons (Fsp3) is 0. The van der Waals surface area contributed by atoms with E-state index in [1.807, 2.05) is 12.1 Å². The molecule has 13 rings (SSSR count). The zero-order chi connectivity index (χ0) is 41.4. The molecule has 0 saturated carbocycles. The molecular formula is C59H36N2O2. The van der Waals surface area contributed by atoms with Crippen LogP contribution < -0.4 is 0 Å². The maximum atomic E-state index is 6.72. The van der Waals surface area contributed by atoms with Crippen molar-refractivity contribution in [3.8, 4) is 61.6 Å². The van der Waals surface area contributed by atoms with Crippen LogP contribution in [0.4, 0.5) is 0 Å². The quantitative estimate of drug-likeness (QED) is 0.168. The Labute approximate surface area is 362 Å². The van der Waals surface area contributed by atoms with E-state index < -0.39 is 0 Å². The molecule has 63 heavy (non-hydrogen) atoms. The van der Waals surface area contributed by atoms with E-state index in [1.165, 1.54) is 32.9 Å². The van der Waals surface area contributed by atoms with Crippen LogP contribution in [-0.4, -0.2) is 9.55 Å². The Kier molecular flexibility index (Phi) is 7.87. The van der Waals surface area contributed by atoms with Crippen molar-refractivity contribution in [3.05, 3.63) is 218 Å². The summed E-state index contributed by atoms with van der Waals surface area (Å²) in [6, 6.07) is 77.3. The Morgan fingerprint density at radius 2 is 0.825 bits per heavy atom. The van der Waals surface area contributed by atoms with Gasteiger partial charge in [0.15, 0.2) is 0 Å². The van der Waals surface area contributed by atoms with Crippen LogP contribution >= 0.6 is 0 Å². The van der Waals surface area contributed by atoms with Crippen molar-refractivity contribution in [2.24, 2.45) is 0 Å². The fourth-order valence-electron chi connectivity index (χ4n) is 9.59. The highest BCUT2D eigenvalue weighted by atomic mass is 16.3. The van der Waals surface area contributed by atoms with E-state index in [-0.39, 0.29) is 0 Å².